The normalized spacial score (nSPS) is 11.0. The van der Waals surface area contributed by atoms with Crippen molar-refractivity contribution < 1.29 is 4.79 Å². The van der Waals surface area contributed by atoms with Crippen molar-refractivity contribution in [2.45, 2.75) is 33.9 Å². The number of rotatable bonds is 8. The molecule has 0 spiro atoms. The van der Waals surface area contributed by atoms with Crippen LogP contribution in [0.3, 0.4) is 0 Å². The zero-order valence-electron chi connectivity index (χ0n) is 16.9. The van der Waals surface area contributed by atoms with Gasteiger partial charge in [0, 0.05) is 13.1 Å². The first-order chi connectivity index (χ1) is 13.6. The fourth-order valence-corrected chi connectivity index (χ4v) is 3.21. The van der Waals surface area contributed by atoms with E-state index in [1.54, 1.807) is 10.9 Å². The molecule has 0 aliphatic carbocycles. The highest BCUT2D eigenvalue weighted by Crippen LogP contribution is 2.14. The van der Waals surface area contributed by atoms with Crippen molar-refractivity contribution >= 4 is 5.91 Å². The molecule has 0 aliphatic heterocycles. The van der Waals surface area contributed by atoms with E-state index in [4.69, 9.17) is 0 Å². The monoisotopic (exact) mass is 376 g/mol. The summed E-state index contributed by atoms with van der Waals surface area (Å²) in [6.07, 6.45) is 1.63. The second-order valence-electron chi connectivity index (χ2n) is 6.85. The van der Waals surface area contributed by atoms with E-state index in [0.29, 0.717) is 12.1 Å². The maximum absolute atomic E-state index is 12.6. The summed E-state index contributed by atoms with van der Waals surface area (Å²) in [7, 11) is 0. The van der Waals surface area contributed by atoms with Crippen molar-refractivity contribution in [1.82, 2.24) is 20.0 Å². The molecule has 0 bridgehead atoms. The lowest BCUT2D eigenvalue weighted by molar-refractivity contribution is 0.0950. The third-order valence-corrected chi connectivity index (χ3v) is 5.03. The van der Waals surface area contributed by atoms with Crippen LogP contribution in [0.4, 0.5) is 0 Å². The number of amides is 1. The summed E-state index contributed by atoms with van der Waals surface area (Å²) in [5.41, 5.74) is 4.76. The quantitative estimate of drug-likeness (QED) is 0.648. The van der Waals surface area contributed by atoms with Gasteiger partial charge in [-0.3, -0.25) is 9.69 Å². The van der Waals surface area contributed by atoms with Gasteiger partial charge in [0.2, 0.25) is 0 Å². The van der Waals surface area contributed by atoms with Gasteiger partial charge < -0.3 is 5.32 Å². The summed E-state index contributed by atoms with van der Waals surface area (Å²) in [6, 6.07) is 18.3. The lowest BCUT2D eigenvalue weighted by atomic mass is 10.1. The Kier molecular flexibility index (Phi) is 6.61. The summed E-state index contributed by atoms with van der Waals surface area (Å²) in [6.45, 7) is 9.81. The lowest BCUT2D eigenvalue weighted by Crippen LogP contribution is -2.23. The second-order valence-corrected chi connectivity index (χ2v) is 6.85. The predicted molar refractivity (Wildman–Crippen MR) is 113 cm³/mol. The van der Waals surface area contributed by atoms with Gasteiger partial charge in [0.05, 0.1) is 23.1 Å². The topological polar surface area (TPSA) is 50.2 Å². The number of carbonyl (C=O) groups excluding carboxylic acids is 1. The van der Waals surface area contributed by atoms with E-state index >= 15 is 0 Å². The van der Waals surface area contributed by atoms with Gasteiger partial charge in [-0.2, -0.15) is 5.10 Å². The molecule has 5 heteroatoms. The van der Waals surface area contributed by atoms with Crippen LogP contribution in [0.15, 0.2) is 60.8 Å². The van der Waals surface area contributed by atoms with E-state index in [1.165, 1.54) is 5.56 Å². The minimum absolute atomic E-state index is 0.105. The molecule has 0 saturated carbocycles. The fourth-order valence-electron chi connectivity index (χ4n) is 3.21. The van der Waals surface area contributed by atoms with Crippen molar-refractivity contribution in [3.8, 4) is 5.69 Å². The van der Waals surface area contributed by atoms with E-state index < -0.39 is 0 Å². The highest BCUT2D eigenvalue weighted by molar-refractivity contribution is 5.95. The molecule has 2 aromatic carbocycles. The van der Waals surface area contributed by atoms with Crippen molar-refractivity contribution in [1.29, 1.82) is 0 Å². The largest absolute Gasteiger partial charge is 0.348 e. The molecule has 1 aromatic heterocycles. The van der Waals surface area contributed by atoms with Crippen molar-refractivity contribution in [2.24, 2.45) is 0 Å². The van der Waals surface area contributed by atoms with E-state index in [0.717, 1.165) is 36.6 Å². The molecule has 0 radical (unpaired) electrons. The summed E-state index contributed by atoms with van der Waals surface area (Å²) >= 11 is 0. The second kappa shape index (κ2) is 9.33. The molecule has 146 valence electrons. The zero-order valence-corrected chi connectivity index (χ0v) is 16.9. The number of benzene rings is 2. The molecule has 1 heterocycles. The Hall–Kier alpha value is -2.92. The summed E-state index contributed by atoms with van der Waals surface area (Å²) < 4.78 is 1.79. The number of nitrogens with one attached hydrogen (secondary N) is 1. The number of aromatic nitrogens is 2. The number of hydrogen-bond acceptors (Lipinski definition) is 3. The number of para-hydroxylation sites is 1. The van der Waals surface area contributed by atoms with E-state index in [-0.39, 0.29) is 5.91 Å². The zero-order chi connectivity index (χ0) is 19.9. The van der Waals surface area contributed by atoms with Gasteiger partial charge in [0.25, 0.3) is 5.91 Å². The third-order valence-electron chi connectivity index (χ3n) is 5.03. The summed E-state index contributed by atoms with van der Waals surface area (Å²) in [5, 5.41) is 7.37. The van der Waals surface area contributed by atoms with Crippen LogP contribution in [0.25, 0.3) is 5.69 Å². The number of carbonyl (C=O) groups is 1. The van der Waals surface area contributed by atoms with Crippen LogP contribution in [-0.4, -0.2) is 33.7 Å². The summed E-state index contributed by atoms with van der Waals surface area (Å²) in [4.78, 5) is 15.0. The SMILES string of the molecule is CCN(CC)Cc1ccc(CNC(=O)c2cnn(-c3ccccc3)c2C)cc1. The average Bonchev–Trinajstić information content (AvgIpc) is 3.13. The lowest BCUT2D eigenvalue weighted by Gasteiger charge is -2.18. The Balaban J connectivity index is 1.61. The maximum Gasteiger partial charge on any atom is 0.255 e. The molecule has 0 saturated heterocycles. The highest BCUT2D eigenvalue weighted by Gasteiger charge is 2.14. The van der Waals surface area contributed by atoms with Crippen LogP contribution in [-0.2, 0) is 13.1 Å². The molecule has 0 atom stereocenters. The average molecular weight is 377 g/mol. The van der Waals surface area contributed by atoms with Gasteiger partial charge in [0.15, 0.2) is 0 Å². The van der Waals surface area contributed by atoms with Crippen LogP contribution >= 0.6 is 0 Å². The molecule has 1 N–H and O–H groups in total. The number of hydrogen-bond donors (Lipinski definition) is 1. The van der Waals surface area contributed by atoms with E-state index in [9.17, 15) is 4.79 Å². The van der Waals surface area contributed by atoms with Gasteiger partial charge in [-0.1, -0.05) is 56.3 Å². The molecular weight excluding hydrogens is 348 g/mol. The molecule has 0 unspecified atom stereocenters. The van der Waals surface area contributed by atoms with Gasteiger partial charge in [-0.25, -0.2) is 4.68 Å². The molecule has 5 nitrogen and oxygen atoms in total. The smallest absolute Gasteiger partial charge is 0.255 e. The molecule has 3 rings (SSSR count). The van der Waals surface area contributed by atoms with Crippen LogP contribution in [0.1, 0.15) is 41.0 Å². The molecule has 28 heavy (non-hydrogen) atoms. The van der Waals surface area contributed by atoms with E-state index in [2.05, 4.69) is 53.4 Å². The predicted octanol–water partition coefficient (Wildman–Crippen LogP) is 3.95. The molecular formula is C23H28N4O. The number of nitrogens with zero attached hydrogens (tertiary/aromatic N) is 3. The maximum atomic E-state index is 12.6. The molecule has 0 aliphatic rings. The van der Waals surface area contributed by atoms with Gasteiger partial charge in [0.1, 0.15) is 0 Å². The Morgan fingerprint density at radius 1 is 1.00 bits per heavy atom. The Morgan fingerprint density at radius 3 is 2.29 bits per heavy atom. The minimum atomic E-state index is -0.105. The molecule has 3 aromatic rings. The Bertz CT molecular complexity index is 896. The first-order valence-corrected chi connectivity index (χ1v) is 9.80. The Morgan fingerprint density at radius 2 is 1.64 bits per heavy atom. The van der Waals surface area contributed by atoms with Crippen LogP contribution in [0.5, 0.6) is 0 Å². The van der Waals surface area contributed by atoms with Gasteiger partial charge in [-0.15, -0.1) is 0 Å². The van der Waals surface area contributed by atoms with Crippen LogP contribution in [0, 0.1) is 6.92 Å². The minimum Gasteiger partial charge on any atom is -0.348 e. The third kappa shape index (κ3) is 4.67. The Labute approximate surface area is 167 Å². The van der Waals surface area contributed by atoms with Crippen molar-refractivity contribution in [3.05, 3.63) is 83.2 Å². The highest BCUT2D eigenvalue weighted by atomic mass is 16.1. The van der Waals surface area contributed by atoms with Crippen LogP contribution < -0.4 is 5.32 Å². The molecule has 1 amide bonds. The summed E-state index contributed by atoms with van der Waals surface area (Å²) in [5.74, 6) is -0.105. The van der Waals surface area contributed by atoms with Crippen LogP contribution in [0.2, 0.25) is 0 Å². The first kappa shape index (κ1) is 19.8. The van der Waals surface area contributed by atoms with Crippen molar-refractivity contribution in [3.63, 3.8) is 0 Å². The standard InChI is InChI=1S/C23H28N4O/c1-4-26(5-2)17-20-13-11-19(12-14-20)15-24-23(28)22-16-25-27(18(22)3)21-9-7-6-8-10-21/h6-14,16H,4-5,15,17H2,1-3H3,(H,24,28). The van der Waals surface area contributed by atoms with Gasteiger partial charge in [-0.05, 0) is 43.3 Å². The fraction of sp³-hybridized carbons (Fsp3) is 0.304. The first-order valence-electron chi connectivity index (χ1n) is 9.80. The van der Waals surface area contributed by atoms with Gasteiger partial charge >= 0.3 is 0 Å². The molecule has 0 fully saturated rings. The van der Waals surface area contributed by atoms with Crippen molar-refractivity contribution in [2.75, 3.05) is 13.1 Å². The van der Waals surface area contributed by atoms with E-state index in [1.807, 2.05) is 37.3 Å².